The number of hydrogen-bond acceptors (Lipinski definition) is 4. The van der Waals surface area contributed by atoms with Gasteiger partial charge in [-0.25, -0.2) is 12.8 Å². The van der Waals surface area contributed by atoms with Crippen LogP contribution in [0.3, 0.4) is 0 Å². The van der Waals surface area contributed by atoms with Crippen LogP contribution in [-0.2, 0) is 16.3 Å². The van der Waals surface area contributed by atoms with Gasteiger partial charge >= 0.3 is 0 Å². The molecule has 0 aromatic heterocycles. The van der Waals surface area contributed by atoms with Gasteiger partial charge < -0.3 is 10.6 Å². The monoisotopic (exact) mass is 286 g/mol. The van der Waals surface area contributed by atoms with Crippen molar-refractivity contribution in [2.75, 3.05) is 29.5 Å². The van der Waals surface area contributed by atoms with Gasteiger partial charge in [-0.05, 0) is 25.5 Å². The van der Waals surface area contributed by atoms with Crippen LogP contribution in [0.4, 0.5) is 10.1 Å². The summed E-state index contributed by atoms with van der Waals surface area (Å²) in [6.45, 7) is 2.66. The smallest absolute Gasteiger partial charge is 0.153 e. The molecule has 1 aromatic rings. The van der Waals surface area contributed by atoms with E-state index in [9.17, 15) is 12.8 Å². The Hall–Kier alpha value is -1.14. The molecule has 0 aliphatic carbocycles. The topological polar surface area (TPSA) is 63.4 Å². The predicted molar refractivity (Wildman–Crippen MR) is 74.6 cm³/mol. The van der Waals surface area contributed by atoms with Crippen molar-refractivity contribution in [3.05, 3.63) is 29.6 Å². The van der Waals surface area contributed by atoms with Crippen molar-refractivity contribution in [2.24, 2.45) is 5.73 Å². The van der Waals surface area contributed by atoms with E-state index in [1.165, 1.54) is 6.07 Å². The summed E-state index contributed by atoms with van der Waals surface area (Å²) < 4.78 is 36.8. The molecule has 2 N–H and O–H groups in total. The molecule has 1 aromatic carbocycles. The molecular formula is C13H19FN2O2S. The normalized spacial score (nSPS) is 20.3. The van der Waals surface area contributed by atoms with E-state index in [0.717, 1.165) is 5.69 Å². The van der Waals surface area contributed by atoms with Gasteiger partial charge in [0, 0.05) is 30.4 Å². The van der Waals surface area contributed by atoms with Crippen molar-refractivity contribution in [3.8, 4) is 0 Å². The zero-order valence-corrected chi connectivity index (χ0v) is 11.8. The molecule has 1 aliphatic rings. The second-order valence-corrected chi connectivity index (χ2v) is 7.36. The fraction of sp³-hybridized carbons (Fsp3) is 0.538. The Morgan fingerprint density at radius 3 is 2.58 bits per heavy atom. The molecule has 19 heavy (non-hydrogen) atoms. The minimum absolute atomic E-state index is 0.126. The molecule has 0 bridgehead atoms. The Labute approximate surface area is 113 Å². The molecule has 106 valence electrons. The number of sulfone groups is 1. The zero-order valence-electron chi connectivity index (χ0n) is 11.0. The molecule has 1 aliphatic heterocycles. The molecule has 1 heterocycles. The average molecular weight is 286 g/mol. The van der Waals surface area contributed by atoms with Crippen LogP contribution in [0.1, 0.15) is 12.5 Å². The maximum Gasteiger partial charge on any atom is 0.153 e. The minimum atomic E-state index is -2.93. The summed E-state index contributed by atoms with van der Waals surface area (Å²) in [5.74, 6) is -0.0225. The Morgan fingerprint density at radius 1 is 1.37 bits per heavy atom. The third kappa shape index (κ3) is 3.45. The molecule has 6 heteroatoms. The fourth-order valence-corrected chi connectivity index (χ4v) is 3.52. The first-order valence-corrected chi connectivity index (χ1v) is 8.19. The molecule has 4 nitrogen and oxygen atoms in total. The van der Waals surface area contributed by atoms with Gasteiger partial charge in [-0.3, -0.25) is 0 Å². The van der Waals surface area contributed by atoms with Crippen LogP contribution in [0, 0.1) is 5.82 Å². The first kappa shape index (κ1) is 14.3. The maximum atomic E-state index is 13.9. The van der Waals surface area contributed by atoms with Gasteiger partial charge in [-0.1, -0.05) is 6.07 Å². The second kappa shape index (κ2) is 5.46. The predicted octanol–water partition coefficient (Wildman–Crippen LogP) is 0.950. The van der Waals surface area contributed by atoms with Crippen molar-refractivity contribution in [3.63, 3.8) is 0 Å². The lowest BCUT2D eigenvalue weighted by molar-refractivity contribution is 0.582. The van der Waals surface area contributed by atoms with Crippen LogP contribution >= 0.6 is 0 Å². The number of rotatable bonds is 3. The molecule has 0 amide bonds. The van der Waals surface area contributed by atoms with Gasteiger partial charge in [0.25, 0.3) is 0 Å². The molecule has 0 saturated carbocycles. The Morgan fingerprint density at radius 2 is 2.00 bits per heavy atom. The summed E-state index contributed by atoms with van der Waals surface area (Å²) >= 11 is 0. The minimum Gasteiger partial charge on any atom is -0.369 e. The molecule has 1 saturated heterocycles. The number of anilines is 1. The highest BCUT2D eigenvalue weighted by atomic mass is 32.2. The molecule has 1 atom stereocenters. The van der Waals surface area contributed by atoms with Crippen LogP contribution in [0.25, 0.3) is 0 Å². The van der Waals surface area contributed by atoms with Gasteiger partial charge in [-0.15, -0.1) is 0 Å². The lowest BCUT2D eigenvalue weighted by Crippen LogP contribution is -2.41. The summed E-state index contributed by atoms with van der Waals surface area (Å²) in [5.41, 5.74) is 7.10. The van der Waals surface area contributed by atoms with Gasteiger partial charge in [0.2, 0.25) is 0 Å². The fourth-order valence-electron chi connectivity index (χ4n) is 2.32. The van der Waals surface area contributed by atoms with E-state index in [4.69, 9.17) is 5.73 Å². The molecule has 1 fully saturated rings. The van der Waals surface area contributed by atoms with E-state index >= 15 is 0 Å². The Kier molecular flexibility index (Phi) is 4.10. The van der Waals surface area contributed by atoms with Gasteiger partial charge in [0.15, 0.2) is 9.84 Å². The number of benzene rings is 1. The Balaban J connectivity index is 2.27. The van der Waals surface area contributed by atoms with Crippen LogP contribution in [0.15, 0.2) is 18.2 Å². The van der Waals surface area contributed by atoms with E-state index < -0.39 is 9.84 Å². The first-order valence-electron chi connectivity index (χ1n) is 6.37. The number of halogens is 1. The lowest BCUT2D eigenvalue weighted by atomic mass is 10.0. The highest BCUT2D eigenvalue weighted by Crippen LogP contribution is 2.26. The summed E-state index contributed by atoms with van der Waals surface area (Å²) in [5, 5.41) is 0. The third-order valence-electron chi connectivity index (χ3n) is 3.31. The SMILES string of the molecule is CC(N)Cc1c(F)cccc1N1CCS(=O)(=O)CC1. The standard InChI is InChI=1S/C13H19FN2O2S/c1-10(15)9-11-12(14)3-2-4-13(11)16-5-7-19(17,18)8-6-16/h2-4,10H,5-9,15H2,1H3. The number of nitrogens with zero attached hydrogens (tertiary/aromatic N) is 1. The van der Waals surface area contributed by atoms with Gasteiger partial charge in [0.05, 0.1) is 11.5 Å². The van der Waals surface area contributed by atoms with Crippen LogP contribution in [0.5, 0.6) is 0 Å². The molecule has 0 spiro atoms. The van der Waals surface area contributed by atoms with E-state index in [1.54, 1.807) is 6.07 Å². The van der Waals surface area contributed by atoms with E-state index in [2.05, 4.69) is 0 Å². The van der Waals surface area contributed by atoms with E-state index in [-0.39, 0.29) is 23.4 Å². The molecule has 2 rings (SSSR count). The highest BCUT2D eigenvalue weighted by Gasteiger charge is 2.24. The van der Waals surface area contributed by atoms with Crippen LogP contribution < -0.4 is 10.6 Å². The molecule has 0 radical (unpaired) electrons. The summed E-state index contributed by atoms with van der Waals surface area (Å²) in [4.78, 5) is 1.93. The largest absolute Gasteiger partial charge is 0.369 e. The molecule has 1 unspecified atom stereocenters. The maximum absolute atomic E-state index is 13.9. The summed E-state index contributed by atoms with van der Waals surface area (Å²) in [6.07, 6.45) is 0.450. The van der Waals surface area contributed by atoms with Crippen LogP contribution in [0.2, 0.25) is 0 Å². The first-order chi connectivity index (χ1) is 8.89. The summed E-state index contributed by atoms with van der Waals surface area (Å²) in [7, 11) is -2.93. The van der Waals surface area contributed by atoms with Crippen molar-refractivity contribution in [1.82, 2.24) is 0 Å². The Bertz CT molecular complexity index is 544. The quantitative estimate of drug-likeness (QED) is 0.898. The van der Waals surface area contributed by atoms with Gasteiger partial charge in [-0.2, -0.15) is 0 Å². The van der Waals surface area contributed by atoms with Crippen molar-refractivity contribution in [1.29, 1.82) is 0 Å². The molecular weight excluding hydrogens is 267 g/mol. The van der Waals surface area contributed by atoms with Crippen molar-refractivity contribution < 1.29 is 12.8 Å². The highest BCUT2D eigenvalue weighted by molar-refractivity contribution is 7.91. The zero-order chi connectivity index (χ0) is 14.0. The van der Waals surface area contributed by atoms with E-state index in [0.29, 0.717) is 25.1 Å². The second-order valence-electron chi connectivity index (χ2n) is 5.06. The van der Waals surface area contributed by atoms with Crippen LogP contribution in [-0.4, -0.2) is 39.1 Å². The third-order valence-corrected chi connectivity index (χ3v) is 4.91. The van der Waals surface area contributed by atoms with E-state index in [1.807, 2.05) is 17.9 Å². The number of hydrogen-bond donors (Lipinski definition) is 1. The van der Waals surface area contributed by atoms with Crippen molar-refractivity contribution in [2.45, 2.75) is 19.4 Å². The average Bonchev–Trinajstić information content (AvgIpc) is 2.32. The number of nitrogens with two attached hydrogens (primary N) is 1. The van der Waals surface area contributed by atoms with Crippen molar-refractivity contribution >= 4 is 15.5 Å². The lowest BCUT2D eigenvalue weighted by Gasteiger charge is -2.31. The van der Waals surface area contributed by atoms with Gasteiger partial charge in [0.1, 0.15) is 5.82 Å². The summed E-state index contributed by atoms with van der Waals surface area (Å²) in [6, 6.07) is 4.77.